The van der Waals surface area contributed by atoms with Gasteiger partial charge in [-0.15, -0.1) is 0 Å². The van der Waals surface area contributed by atoms with Crippen molar-refractivity contribution in [2.24, 2.45) is 5.41 Å². The fraction of sp³-hybridized carbons (Fsp3) is 1.00. The quantitative estimate of drug-likeness (QED) is 0.582. The van der Waals surface area contributed by atoms with Crippen molar-refractivity contribution in [3.05, 3.63) is 0 Å². The Hall–Kier alpha value is 0.400. The number of hydrogen-bond donors (Lipinski definition) is 0. The minimum absolute atomic E-state index is 0.569. The van der Waals surface area contributed by atoms with Crippen molar-refractivity contribution < 1.29 is 0 Å². The molecule has 0 aromatic carbocycles. The van der Waals surface area contributed by atoms with Gasteiger partial charge in [0.1, 0.15) is 0 Å². The summed E-state index contributed by atoms with van der Waals surface area (Å²) in [4.78, 5) is 5.21. The zero-order valence-corrected chi connectivity index (χ0v) is 13.6. The number of alkyl halides is 1. The fourth-order valence-electron chi connectivity index (χ4n) is 3.54. The number of hydrogen-bond acceptors (Lipinski definition) is 2. The van der Waals surface area contributed by atoms with E-state index in [1.807, 2.05) is 0 Å². The van der Waals surface area contributed by atoms with E-state index in [1.165, 1.54) is 83.0 Å². The molecule has 0 amide bonds. The van der Waals surface area contributed by atoms with Crippen LogP contribution in [0.15, 0.2) is 0 Å². The molecule has 0 atom stereocenters. The first-order valence-electron chi connectivity index (χ1n) is 7.71. The maximum absolute atomic E-state index is 3.82. The van der Waals surface area contributed by atoms with Crippen LogP contribution in [0.4, 0.5) is 0 Å². The second-order valence-corrected chi connectivity index (χ2v) is 7.04. The van der Waals surface area contributed by atoms with Gasteiger partial charge in [0.2, 0.25) is 0 Å². The van der Waals surface area contributed by atoms with Crippen molar-refractivity contribution in [1.82, 2.24) is 9.80 Å². The molecule has 0 aromatic rings. The molecule has 0 N–H and O–H groups in total. The van der Waals surface area contributed by atoms with E-state index in [-0.39, 0.29) is 0 Å². The maximum atomic E-state index is 3.82. The Balaban J connectivity index is 1.91. The van der Waals surface area contributed by atoms with Gasteiger partial charge in [0.15, 0.2) is 0 Å². The first-order valence-corrected chi connectivity index (χ1v) is 8.83. The molecule has 1 saturated heterocycles. The van der Waals surface area contributed by atoms with Gasteiger partial charge in [-0.05, 0) is 44.8 Å². The summed E-state index contributed by atoms with van der Waals surface area (Å²) in [7, 11) is 2.26. The largest absolute Gasteiger partial charge is 0.305 e. The zero-order valence-electron chi connectivity index (χ0n) is 12.0. The molecule has 2 fully saturated rings. The molecular weight excluding hydrogens is 288 g/mol. The second-order valence-electron chi connectivity index (χ2n) is 6.48. The summed E-state index contributed by atoms with van der Waals surface area (Å²) in [5, 5.41) is 1.20. The Morgan fingerprint density at radius 1 is 0.889 bits per heavy atom. The summed E-state index contributed by atoms with van der Waals surface area (Å²) >= 11 is 3.82. The molecule has 3 heteroatoms. The lowest BCUT2D eigenvalue weighted by Crippen LogP contribution is -2.40. The molecule has 1 aliphatic heterocycles. The third kappa shape index (κ3) is 4.21. The molecule has 0 spiro atoms. The second kappa shape index (κ2) is 7.25. The van der Waals surface area contributed by atoms with E-state index >= 15 is 0 Å². The average molecular weight is 317 g/mol. The van der Waals surface area contributed by atoms with E-state index in [1.54, 1.807) is 0 Å². The SMILES string of the molecule is CN1CCCN(CC2(CBr)CCCCCC2)CC1. The molecule has 0 aromatic heterocycles. The number of nitrogens with zero attached hydrogens (tertiary/aromatic N) is 2. The number of likely N-dealkylation sites (N-methyl/N-ethyl adjacent to an activating group) is 1. The average Bonchev–Trinajstić information content (AvgIpc) is 2.72. The van der Waals surface area contributed by atoms with E-state index in [2.05, 4.69) is 32.8 Å². The molecule has 1 aliphatic carbocycles. The molecule has 106 valence electrons. The molecule has 18 heavy (non-hydrogen) atoms. The molecule has 2 rings (SSSR count). The monoisotopic (exact) mass is 316 g/mol. The molecule has 2 nitrogen and oxygen atoms in total. The van der Waals surface area contributed by atoms with Crippen LogP contribution in [0.3, 0.4) is 0 Å². The lowest BCUT2D eigenvalue weighted by atomic mass is 9.82. The first kappa shape index (κ1) is 14.8. The normalized spacial score (nSPS) is 27.7. The van der Waals surface area contributed by atoms with Crippen LogP contribution in [0.1, 0.15) is 44.9 Å². The summed E-state index contributed by atoms with van der Waals surface area (Å²) < 4.78 is 0. The molecule has 2 aliphatic rings. The van der Waals surface area contributed by atoms with Gasteiger partial charge >= 0.3 is 0 Å². The predicted octanol–water partition coefficient (Wildman–Crippen LogP) is 3.36. The van der Waals surface area contributed by atoms with Crippen LogP contribution in [-0.2, 0) is 0 Å². The van der Waals surface area contributed by atoms with Crippen LogP contribution in [0, 0.1) is 5.41 Å². The van der Waals surface area contributed by atoms with Gasteiger partial charge in [0.25, 0.3) is 0 Å². The highest BCUT2D eigenvalue weighted by Crippen LogP contribution is 2.37. The maximum Gasteiger partial charge on any atom is 0.0109 e. The van der Waals surface area contributed by atoms with Crippen LogP contribution in [0.2, 0.25) is 0 Å². The lowest BCUT2D eigenvalue weighted by molar-refractivity contribution is 0.155. The molecule has 1 saturated carbocycles. The Kier molecular flexibility index (Phi) is 5.96. The highest BCUT2D eigenvalue weighted by Gasteiger charge is 2.32. The molecular formula is C15H29BrN2. The topological polar surface area (TPSA) is 6.48 Å². The van der Waals surface area contributed by atoms with E-state index < -0.39 is 0 Å². The Morgan fingerprint density at radius 2 is 1.61 bits per heavy atom. The van der Waals surface area contributed by atoms with Crippen LogP contribution < -0.4 is 0 Å². The van der Waals surface area contributed by atoms with Crippen molar-refractivity contribution >= 4 is 15.9 Å². The van der Waals surface area contributed by atoms with Gasteiger partial charge in [-0.25, -0.2) is 0 Å². The van der Waals surface area contributed by atoms with Crippen LogP contribution in [0.25, 0.3) is 0 Å². The Bertz CT molecular complexity index is 237. The van der Waals surface area contributed by atoms with Crippen molar-refractivity contribution in [3.8, 4) is 0 Å². The summed E-state index contributed by atoms with van der Waals surface area (Å²) in [5.74, 6) is 0. The molecule has 0 radical (unpaired) electrons. The smallest absolute Gasteiger partial charge is 0.0109 e. The number of rotatable bonds is 3. The highest BCUT2D eigenvalue weighted by molar-refractivity contribution is 9.09. The van der Waals surface area contributed by atoms with Gasteiger partial charge in [-0.2, -0.15) is 0 Å². The third-order valence-electron chi connectivity index (χ3n) is 4.82. The Labute approximate surface area is 121 Å². The van der Waals surface area contributed by atoms with Crippen molar-refractivity contribution in [2.45, 2.75) is 44.9 Å². The summed E-state index contributed by atoms with van der Waals surface area (Å²) in [6.45, 7) is 6.42. The number of halogens is 1. The van der Waals surface area contributed by atoms with Gasteiger partial charge in [-0.3, -0.25) is 0 Å². The summed E-state index contributed by atoms with van der Waals surface area (Å²) in [5.41, 5.74) is 0.569. The van der Waals surface area contributed by atoms with Crippen LogP contribution >= 0.6 is 15.9 Å². The third-order valence-corrected chi connectivity index (χ3v) is 6.01. The van der Waals surface area contributed by atoms with Gasteiger partial charge in [-0.1, -0.05) is 41.6 Å². The highest BCUT2D eigenvalue weighted by atomic mass is 79.9. The minimum Gasteiger partial charge on any atom is -0.305 e. The van der Waals surface area contributed by atoms with E-state index in [0.717, 1.165) is 0 Å². The predicted molar refractivity (Wildman–Crippen MR) is 82.5 cm³/mol. The Morgan fingerprint density at radius 3 is 2.28 bits per heavy atom. The van der Waals surface area contributed by atoms with Crippen LogP contribution in [-0.4, -0.2) is 54.9 Å². The fourth-order valence-corrected chi connectivity index (χ4v) is 4.28. The molecule has 0 unspecified atom stereocenters. The van der Waals surface area contributed by atoms with Crippen molar-refractivity contribution in [2.75, 3.05) is 45.1 Å². The standard InChI is InChI=1S/C15H29BrN2/c1-17-9-6-10-18(12-11-17)14-15(13-16)7-4-2-3-5-8-15/h2-14H2,1H3. The van der Waals surface area contributed by atoms with Crippen molar-refractivity contribution in [3.63, 3.8) is 0 Å². The van der Waals surface area contributed by atoms with Gasteiger partial charge < -0.3 is 9.80 Å². The summed E-state index contributed by atoms with van der Waals surface area (Å²) in [6, 6.07) is 0. The zero-order chi connectivity index (χ0) is 12.8. The van der Waals surface area contributed by atoms with Crippen LogP contribution in [0.5, 0.6) is 0 Å². The van der Waals surface area contributed by atoms with Crippen molar-refractivity contribution in [1.29, 1.82) is 0 Å². The summed E-state index contributed by atoms with van der Waals surface area (Å²) in [6.07, 6.45) is 10.0. The molecule has 0 bridgehead atoms. The van der Waals surface area contributed by atoms with Gasteiger partial charge in [0.05, 0.1) is 0 Å². The van der Waals surface area contributed by atoms with Gasteiger partial charge in [0, 0.05) is 25.0 Å². The minimum atomic E-state index is 0.569. The van der Waals surface area contributed by atoms with E-state index in [4.69, 9.17) is 0 Å². The van der Waals surface area contributed by atoms with E-state index in [9.17, 15) is 0 Å². The lowest BCUT2D eigenvalue weighted by Gasteiger charge is -2.36. The first-order chi connectivity index (χ1) is 8.74. The van der Waals surface area contributed by atoms with E-state index in [0.29, 0.717) is 5.41 Å². The molecule has 1 heterocycles.